The number of nitrogens with zero attached hydrogens (tertiary/aromatic N) is 3. The van der Waals surface area contributed by atoms with Crippen LogP contribution in [-0.2, 0) is 11.3 Å². The van der Waals surface area contributed by atoms with Crippen molar-refractivity contribution in [3.8, 4) is 17.6 Å². The second kappa shape index (κ2) is 11.6. The van der Waals surface area contributed by atoms with Gasteiger partial charge in [0, 0.05) is 43.4 Å². The number of hydrogen-bond donors (Lipinski definition) is 3. The van der Waals surface area contributed by atoms with Crippen molar-refractivity contribution in [3.63, 3.8) is 0 Å². The number of amidine groups is 1. The Morgan fingerprint density at radius 3 is 2.44 bits per heavy atom. The first-order chi connectivity index (χ1) is 18.7. The van der Waals surface area contributed by atoms with Gasteiger partial charge in [0.1, 0.15) is 11.6 Å². The van der Waals surface area contributed by atoms with Gasteiger partial charge in [-0.1, -0.05) is 43.9 Å². The molecule has 2 aromatic carbocycles. The van der Waals surface area contributed by atoms with Crippen molar-refractivity contribution in [3.05, 3.63) is 64.7 Å². The molecule has 10 heteroatoms. The number of fused-ring (bicyclic) bond motifs is 1. The molecule has 0 aromatic heterocycles. The Hall–Kier alpha value is -4.36. The van der Waals surface area contributed by atoms with Crippen LogP contribution in [0.4, 0.5) is 4.79 Å². The quantitative estimate of drug-likeness (QED) is 0.197. The number of carbonyl (C=O) groups excluding carboxylic acids is 3. The van der Waals surface area contributed by atoms with Crippen molar-refractivity contribution in [2.45, 2.75) is 25.9 Å². The Bertz CT molecular complexity index is 1340. The number of amides is 4. The van der Waals surface area contributed by atoms with Crippen LogP contribution in [0, 0.1) is 17.3 Å². The maximum Gasteiger partial charge on any atom is 0.323 e. The summed E-state index contributed by atoms with van der Waals surface area (Å²) >= 11 is 0. The molecule has 1 atom stereocenters. The zero-order valence-corrected chi connectivity index (χ0v) is 22.8. The predicted molar refractivity (Wildman–Crippen MR) is 148 cm³/mol. The molecule has 204 valence electrons. The molecule has 0 saturated carbocycles. The maximum atomic E-state index is 13.1. The lowest BCUT2D eigenvalue weighted by atomic mass is 9.99. The van der Waals surface area contributed by atoms with Gasteiger partial charge in [0.2, 0.25) is 5.54 Å². The van der Waals surface area contributed by atoms with Crippen LogP contribution < -0.4 is 15.4 Å². The summed E-state index contributed by atoms with van der Waals surface area (Å²) in [6.07, 6.45) is 0. The highest BCUT2D eigenvalue weighted by Crippen LogP contribution is 2.28. The first-order valence-electron chi connectivity index (χ1n) is 12.9. The minimum absolute atomic E-state index is 0.104. The minimum atomic E-state index is -1.59. The molecule has 39 heavy (non-hydrogen) atoms. The summed E-state index contributed by atoms with van der Waals surface area (Å²) in [6, 6.07) is 11.8. The van der Waals surface area contributed by atoms with Crippen LogP contribution in [0.5, 0.6) is 5.75 Å². The van der Waals surface area contributed by atoms with Gasteiger partial charge in [0.25, 0.3) is 11.8 Å². The predicted octanol–water partition coefficient (Wildman–Crippen LogP) is 1.88. The zero-order valence-electron chi connectivity index (χ0n) is 22.8. The Morgan fingerprint density at radius 1 is 1.10 bits per heavy atom. The number of nitrogens with one attached hydrogen (secondary N) is 3. The highest BCUT2D eigenvalue weighted by atomic mass is 16.5. The van der Waals surface area contributed by atoms with Crippen molar-refractivity contribution in [1.29, 1.82) is 5.41 Å². The van der Waals surface area contributed by atoms with E-state index in [0.717, 1.165) is 37.3 Å². The van der Waals surface area contributed by atoms with E-state index < -0.39 is 17.5 Å². The van der Waals surface area contributed by atoms with Gasteiger partial charge in [-0.15, -0.1) is 0 Å². The van der Waals surface area contributed by atoms with Crippen LogP contribution >= 0.6 is 0 Å². The van der Waals surface area contributed by atoms with E-state index >= 15 is 0 Å². The molecule has 0 spiro atoms. The fourth-order valence-corrected chi connectivity index (χ4v) is 4.67. The van der Waals surface area contributed by atoms with E-state index in [2.05, 4.69) is 41.2 Å². The molecule has 0 bridgehead atoms. The second-order valence-corrected chi connectivity index (χ2v) is 9.62. The fraction of sp³-hybridized carbons (Fsp3) is 0.379. The molecule has 3 N–H and O–H groups in total. The Kier molecular flexibility index (Phi) is 8.21. The molecule has 1 unspecified atom stereocenters. The first-order valence-corrected chi connectivity index (χ1v) is 12.9. The van der Waals surface area contributed by atoms with Gasteiger partial charge in [0.15, 0.2) is 0 Å². The third kappa shape index (κ3) is 5.89. The Morgan fingerprint density at radius 2 is 1.82 bits per heavy atom. The molecule has 4 rings (SSSR count). The Balaban J connectivity index is 1.49. The van der Waals surface area contributed by atoms with Gasteiger partial charge in [-0.25, -0.2) is 4.79 Å². The molecule has 0 aliphatic carbocycles. The zero-order chi connectivity index (χ0) is 28.2. The average molecular weight is 531 g/mol. The molecule has 2 aliphatic heterocycles. The van der Waals surface area contributed by atoms with Gasteiger partial charge in [-0.2, -0.15) is 0 Å². The van der Waals surface area contributed by atoms with Crippen LogP contribution in [-0.4, -0.2) is 90.8 Å². The van der Waals surface area contributed by atoms with E-state index in [-0.39, 0.29) is 12.5 Å². The highest BCUT2D eigenvalue weighted by molar-refractivity contribution is 6.10. The summed E-state index contributed by atoms with van der Waals surface area (Å²) in [4.78, 5) is 43.8. The summed E-state index contributed by atoms with van der Waals surface area (Å²) in [5.41, 5.74) is 1.09. The summed E-state index contributed by atoms with van der Waals surface area (Å²) in [7, 11) is 3.43. The van der Waals surface area contributed by atoms with E-state index in [1.165, 1.54) is 12.0 Å². The smallest absolute Gasteiger partial charge is 0.323 e. The standard InChI is InChI=1S/C29H34N6O4/c1-5-34(6-2)16-15-33(3)25(30)21-9-7-20(8-10-21)13-14-29(27(37)31-28(38)32-29)19-35-18-22-11-12-23(39-4)17-24(22)26(35)36/h7-12,17,30H,5-6,15-16,18-19H2,1-4H3,(H2,31,32,37,38). The van der Waals surface area contributed by atoms with Gasteiger partial charge >= 0.3 is 6.03 Å². The highest BCUT2D eigenvalue weighted by Gasteiger charge is 2.48. The molecule has 1 saturated heterocycles. The molecule has 4 amide bonds. The van der Waals surface area contributed by atoms with E-state index in [1.807, 2.05) is 30.1 Å². The average Bonchev–Trinajstić information content (AvgIpc) is 3.41. The molecule has 2 aromatic rings. The number of hydrogen-bond acceptors (Lipinski definition) is 6. The fourth-order valence-electron chi connectivity index (χ4n) is 4.67. The lowest BCUT2D eigenvalue weighted by molar-refractivity contribution is -0.122. The number of likely N-dealkylation sites (N-methyl/N-ethyl adjacent to an activating group) is 2. The van der Waals surface area contributed by atoms with Gasteiger partial charge < -0.3 is 24.8 Å². The third-order valence-corrected chi connectivity index (χ3v) is 7.17. The number of carbonyl (C=O) groups is 3. The number of rotatable bonds is 9. The molecular formula is C29H34N6O4. The summed E-state index contributed by atoms with van der Waals surface area (Å²) in [5, 5.41) is 13.4. The van der Waals surface area contributed by atoms with Crippen molar-refractivity contribution < 1.29 is 19.1 Å². The van der Waals surface area contributed by atoms with Crippen molar-refractivity contribution in [2.24, 2.45) is 0 Å². The van der Waals surface area contributed by atoms with E-state index in [0.29, 0.717) is 29.3 Å². The molecule has 0 radical (unpaired) electrons. The number of methoxy groups -OCH3 is 1. The van der Waals surface area contributed by atoms with Crippen LogP contribution in [0.15, 0.2) is 42.5 Å². The van der Waals surface area contributed by atoms with E-state index in [4.69, 9.17) is 10.1 Å². The topological polar surface area (TPSA) is 118 Å². The number of urea groups is 1. The second-order valence-electron chi connectivity index (χ2n) is 9.62. The largest absolute Gasteiger partial charge is 0.497 e. The van der Waals surface area contributed by atoms with E-state index in [9.17, 15) is 14.4 Å². The number of benzene rings is 2. The van der Waals surface area contributed by atoms with Crippen LogP contribution in [0.3, 0.4) is 0 Å². The van der Waals surface area contributed by atoms with Crippen LogP contribution in [0.25, 0.3) is 0 Å². The lowest BCUT2D eigenvalue weighted by Gasteiger charge is -2.26. The van der Waals surface area contributed by atoms with Crippen molar-refractivity contribution in [2.75, 3.05) is 46.9 Å². The molecule has 2 aliphatic rings. The van der Waals surface area contributed by atoms with Gasteiger partial charge in [-0.05, 0) is 42.9 Å². The van der Waals surface area contributed by atoms with Gasteiger partial charge in [-0.3, -0.25) is 20.3 Å². The van der Waals surface area contributed by atoms with Crippen LogP contribution in [0.1, 0.15) is 40.9 Å². The summed E-state index contributed by atoms with van der Waals surface area (Å²) in [6.45, 7) is 8.00. The number of imide groups is 1. The third-order valence-electron chi connectivity index (χ3n) is 7.17. The summed E-state index contributed by atoms with van der Waals surface area (Å²) < 4.78 is 5.23. The minimum Gasteiger partial charge on any atom is -0.497 e. The molecule has 2 heterocycles. The SMILES string of the molecule is CCN(CC)CCN(C)C(=N)c1ccc(C#CC2(CN3Cc4ccc(OC)cc4C3=O)NC(=O)NC2=O)cc1. The molecule has 10 nitrogen and oxygen atoms in total. The lowest BCUT2D eigenvalue weighted by Crippen LogP contribution is -2.54. The van der Waals surface area contributed by atoms with E-state index in [1.54, 1.807) is 24.3 Å². The monoisotopic (exact) mass is 530 g/mol. The van der Waals surface area contributed by atoms with Crippen LogP contribution in [0.2, 0.25) is 0 Å². The maximum absolute atomic E-state index is 13.1. The summed E-state index contributed by atoms with van der Waals surface area (Å²) in [5.74, 6) is 6.02. The van der Waals surface area contributed by atoms with Crippen molar-refractivity contribution in [1.82, 2.24) is 25.3 Å². The van der Waals surface area contributed by atoms with Crippen molar-refractivity contribution >= 4 is 23.7 Å². The first kappa shape index (κ1) is 27.7. The normalized spacial score (nSPS) is 17.9. The van der Waals surface area contributed by atoms with Gasteiger partial charge in [0.05, 0.1) is 13.7 Å². The number of ether oxygens (including phenoxy) is 1. The Labute approximate surface area is 228 Å². The molecule has 1 fully saturated rings. The molecular weight excluding hydrogens is 496 g/mol.